The van der Waals surface area contributed by atoms with E-state index in [1.165, 1.54) is 0 Å². The molecule has 51 heavy (non-hydrogen) atoms. The zero-order valence-corrected chi connectivity index (χ0v) is 30.9. The zero-order chi connectivity index (χ0) is 35.5. The molecular weight excluding hydrogens is 689 g/mol. The molecule has 3 heterocycles. The van der Waals surface area contributed by atoms with Crippen LogP contribution in [0.1, 0.15) is 64.2 Å². The molecule has 270 valence electrons. The summed E-state index contributed by atoms with van der Waals surface area (Å²) in [6, 6.07) is 24.6. The second kappa shape index (κ2) is 13.6. The van der Waals surface area contributed by atoms with Gasteiger partial charge in [0.1, 0.15) is 17.0 Å². The summed E-state index contributed by atoms with van der Waals surface area (Å²) < 4.78 is 0. The molecule has 0 atom stereocenters. The van der Waals surface area contributed by atoms with E-state index >= 15 is 0 Å². The number of hydrogen-bond acceptors (Lipinski definition) is 15. The second-order valence-corrected chi connectivity index (χ2v) is 13.5. The van der Waals surface area contributed by atoms with Crippen molar-refractivity contribution in [2.45, 2.75) is 64.4 Å². The average Bonchev–Trinajstić information content (AvgIpc) is 2.97. The Hall–Kier alpha value is -5.54. The first-order valence-corrected chi connectivity index (χ1v) is 15.8. The Kier molecular flexibility index (Phi) is 10.2. The lowest BCUT2D eigenvalue weighted by atomic mass is 9.84. The van der Waals surface area contributed by atoms with Gasteiger partial charge in [-0.05, 0) is 94.6 Å². The first kappa shape index (κ1) is 38.3. The zero-order valence-electron chi connectivity index (χ0n) is 29.3. The fraction of sp³-hybridized carbons (Fsp3) is 0.294. The van der Waals surface area contributed by atoms with E-state index in [0.29, 0.717) is 0 Å². The van der Waals surface area contributed by atoms with E-state index in [0.717, 1.165) is 33.8 Å². The Morgan fingerprint density at radius 3 is 0.824 bits per heavy atom. The molecule has 0 spiro atoms. The minimum Gasteiger partial charge on any atom is -0.369 e. The second-order valence-electron chi connectivity index (χ2n) is 13.5. The van der Waals surface area contributed by atoms with E-state index in [1.807, 2.05) is 92.6 Å². The minimum atomic E-state index is -0.716. The standard InChI is InChI=1S/C34H43N15.2ClH/c1-32(2)44-26(35)41-29(38)47(32)22-13-7-19(8-14-22)25(20-9-15-23(16-10-20)48-30(39)42-27(36)45-33(48,3)4)21-11-17-24(18-12-21)49-31(40)43-28(37)46-34(49,5)6;;/h7-18,25H,1-6H3,(H4,35,38,41,44)(H4,36,39,42,45)(H4,37,40,43,46);2*1H. The van der Waals surface area contributed by atoms with Gasteiger partial charge in [-0.2, -0.15) is 15.0 Å². The fourth-order valence-corrected chi connectivity index (χ4v) is 6.78. The highest BCUT2D eigenvalue weighted by atomic mass is 35.5. The first-order chi connectivity index (χ1) is 23.0. The predicted molar refractivity (Wildman–Crippen MR) is 214 cm³/mol. The van der Waals surface area contributed by atoms with E-state index < -0.39 is 17.0 Å². The lowest BCUT2D eigenvalue weighted by Gasteiger charge is -2.39. The molecule has 15 nitrogen and oxygen atoms in total. The lowest BCUT2D eigenvalue weighted by molar-refractivity contribution is 0.533. The number of benzene rings is 3. The van der Waals surface area contributed by atoms with E-state index in [9.17, 15) is 0 Å². The van der Waals surface area contributed by atoms with Crippen molar-refractivity contribution in [3.63, 3.8) is 0 Å². The van der Waals surface area contributed by atoms with Crippen LogP contribution >= 0.6 is 24.8 Å². The van der Waals surface area contributed by atoms with E-state index in [1.54, 1.807) is 0 Å². The highest BCUT2D eigenvalue weighted by molar-refractivity contribution is 6.07. The van der Waals surface area contributed by atoms with E-state index in [-0.39, 0.29) is 66.5 Å². The molecule has 0 bridgehead atoms. The summed E-state index contributed by atoms with van der Waals surface area (Å²) in [5.74, 6) is 1.11. The predicted octanol–water partition coefficient (Wildman–Crippen LogP) is 3.27. The Morgan fingerprint density at radius 1 is 0.412 bits per heavy atom. The lowest BCUT2D eigenvalue weighted by Crippen LogP contribution is -2.54. The number of aliphatic imine (C=N–C) groups is 6. The Balaban J connectivity index is 0.00000292. The molecule has 3 aliphatic rings. The molecule has 12 N–H and O–H groups in total. The average molecular weight is 735 g/mol. The van der Waals surface area contributed by atoms with Crippen molar-refractivity contribution in [2.24, 2.45) is 64.4 Å². The number of nitrogens with two attached hydrogens (primary N) is 6. The largest absolute Gasteiger partial charge is 0.369 e. The Morgan fingerprint density at radius 2 is 0.627 bits per heavy atom. The van der Waals surface area contributed by atoms with Crippen molar-refractivity contribution in [3.8, 4) is 0 Å². The van der Waals surface area contributed by atoms with E-state index in [4.69, 9.17) is 34.4 Å². The molecule has 6 rings (SSSR count). The maximum absolute atomic E-state index is 6.32. The van der Waals surface area contributed by atoms with Gasteiger partial charge in [0.15, 0.2) is 0 Å². The van der Waals surface area contributed by atoms with Crippen molar-refractivity contribution in [3.05, 3.63) is 89.5 Å². The fourth-order valence-electron chi connectivity index (χ4n) is 6.78. The molecule has 0 amide bonds. The van der Waals surface area contributed by atoms with Gasteiger partial charge in [-0.1, -0.05) is 36.4 Å². The molecular formula is C34H45Cl2N15. The highest BCUT2D eigenvalue weighted by Gasteiger charge is 2.36. The summed E-state index contributed by atoms with van der Waals surface area (Å²) in [7, 11) is 0. The number of rotatable bonds is 6. The Labute approximate surface area is 309 Å². The van der Waals surface area contributed by atoms with Gasteiger partial charge in [-0.25, -0.2) is 15.0 Å². The van der Waals surface area contributed by atoms with Gasteiger partial charge in [0, 0.05) is 23.0 Å². The van der Waals surface area contributed by atoms with Gasteiger partial charge < -0.3 is 34.4 Å². The van der Waals surface area contributed by atoms with Crippen LogP contribution in [0.25, 0.3) is 0 Å². The van der Waals surface area contributed by atoms with Crippen LogP contribution in [0.2, 0.25) is 0 Å². The molecule has 0 aliphatic carbocycles. The third kappa shape index (κ3) is 7.21. The third-order valence-electron chi connectivity index (χ3n) is 8.63. The van der Waals surface area contributed by atoms with Gasteiger partial charge in [0.2, 0.25) is 35.8 Å². The van der Waals surface area contributed by atoms with Crippen LogP contribution in [0.4, 0.5) is 17.1 Å². The molecule has 0 unspecified atom stereocenters. The van der Waals surface area contributed by atoms with Crippen LogP contribution in [-0.4, -0.2) is 52.7 Å². The maximum atomic E-state index is 6.32. The van der Waals surface area contributed by atoms with Gasteiger partial charge >= 0.3 is 0 Å². The number of nitrogens with zero attached hydrogens (tertiary/aromatic N) is 9. The molecule has 0 radical (unpaired) electrons. The number of hydrogen-bond donors (Lipinski definition) is 6. The summed E-state index contributed by atoms with van der Waals surface area (Å²) in [6.07, 6.45) is 0. The van der Waals surface area contributed by atoms with Crippen molar-refractivity contribution in [2.75, 3.05) is 14.7 Å². The molecule has 3 aromatic rings. The molecule has 17 heteroatoms. The smallest absolute Gasteiger partial charge is 0.220 e. The van der Waals surface area contributed by atoms with Gasteiger partial charge in [0.05, 0.1) is 0 Å². The van der Waals surface area contributed by atoms with Gasteiger partial charge in [-0.15, -0.1) is 24.8 Å². The summed E-state index contributed by atoms with van der Waals surface area (Å²) in [6.45, 7) is 11.6. The summed E-state index contributed by atoms with van der Waals surface area (Å²) in [4.78, 5) is 31.6. The van der Waals surface area contributed by atoms with Crippen LogP contribution < -0.4 is 49.1 Å². The molecule has 0 aromatic heterocycles. The third-order valence-corrected chi connectivity index (χ3v) is 8.63. The topological polar surface area (TPSA) is 240 Å². The quantitative estimate of drug-likeness (QED) is 0.203. The van der Waals surface area contributed by atoms with Crippen molar-refractivity contribution < 1.29 is 0 Å². The van der Waals surface area contributed by atoms with Crippen molar-refractivity contribution in [1.82, 2.24) is 0 Å². The van der Waals surface area contributed by atoms with Crippen LogP contribution in [0.5, 0.6) is 0 Å². The molecule has 0 saturated carbocycles. The number of guanidine groups is 6. The number of halogens is 2. The van der Waals surface area contributed by atoms with Crippen molar-refractivity contribution >= 4 is 77.6 Å². The van der Waals surface area contributed by atoms with Crippen LogP contribution in [-0.2, 0) is 0 Å². The number of anilines is 3. The van der Waals surface area contributed by atoms with Crippen LogP contribution in [0, 0.1) is 0 Å². The normalized spacial score (nSPS) is 19.0. The van der Waals surface area contributed by atoms with Crippen LogP contribution in [0.3, 0.4) is 0 Å². The first-order valence-electron chi connectivity index (χ1n) is 15.8. The molecule has 0 fully saturated rings. The monoisotopic (exact) mass is 733 g/mol. The maximum Gasteiger partial charge on any atom is 0.220 e. The minimum absolute atomic E-state index is 0. The van der Waals surface area contributed by atoms with Gasteiger partial charge in [-0.3, -0.25) is 14.7 Å². The summed E-state index contributed by atoms with van der Waals surface area (Å²) in [5, 5.41) is 0. The summed E-state index contributed by atoms with van der Waals surface area (Å²) >= 11 is 0. The Bertz CT molecular complexity index is 1730. The van der Waals surface area contributed by atoms with Gasteiger partial charge in [0.25, 0.3) is 0 Å². The highest BCUT2D eigenvalue weighted by Crippen LogP contribution is 2.38. The van der Waals surface area contributed by atoms with Crippen molar-refractivity contribution in [1.29, 1.82) is 0 Å². The van der Waals surface area contributed by atoms with E-state index in [2.05, 4.69) is 66.4 Å². The molecule has 3 aromatic carbocycles. The van der Waals surface area contributed by atoms with Crippen LogP contribution in [0.15, 0.2) is 103 Å². The molecule has 3 aliphatic heterocycles. The SMILES string of the molecule is CC1(C)N=C(N)N=C(N)N1c1ccc(C(c2ccc(N3C(N)=NC(N)=NC3(C)C)cc2)c2ccc(N3C(N)=NC(N)=NC3(C)C)cc2)cc1.Cl.Cl. The summed E-state index contributed by atoms with van der Waals surface area (Å²) in [5.41, 5.74) is 40.2. The molecule has 0 saturated heterocycles.